The maximum absolute atomic E-state index is 12.1. The van der Waals surface area contributed by atoms with Crippen molar-refractivity contribution in [1.29, 1.82) is 0 Å². The van der Waals surface area contributed by atoms with E-state index < -0.39 is 0 Å². The van der Waals surface area contributed by atoms with Crippen LogP contribution < -0.4 is 10.6 Å². The van der Waals surface area contributed by atoms with Crippen molar-refractivity contribution in [3.8, 4) is 0 Å². The maximum Gasteiger partial charge on any atom is 0.251 e. The van der Waals surface area contributed by atoms with Gasteiger partial charge in [-0.3, -0.25) is 4.79 Å². The van der Waals surface area contributed by atoms with E-state index >= 15 is 0 Å². The van der Waals surface area contributed by atoms with Crippen LogP contribution in [0.15, 0.2) is 30.3 Å². The van der Waals surface area contributed by atoms with Crippen LogP contribution in [0.3, 0.4) is 0 Å². The molecule has 0 saturated heterocycles. The smallest absolute Gasteiger partial charge is 0.251 e. The lowest BCUT2D eigenvalue weighted by molar-refractivity contribution is 0.0951. The summed E-state index contributed by atoms with van der Waals surface area (Å²) in [6.07, 6.45) is 1.00. The predicted octanol–water partition coefficient (Wildman–Crippen LogP) is 3.38. The van der Waals surface area contributed by atoms with Crippen molar-refractivity contribution in [3.05, 3.63) is 51.2 Å². The molecule has 0 saturated carbocycles. The summed E-state index contributed by atoms with van der Waals surface area (Å²) in [6, 6.07) is 10.0. The number of anilines is 1. The molecule has 0 radical (unpaired) electrons. The van der Waals surface area contributed by atoms with Crippen LogP contribution in [0, 0.1) is 6.92 Å². The highest BCUT2D eigenvalue weighted by Crippen LogP contribution is 2.23. The molecule has 1 aliphatic heterocycles. The molecule has 3 rings (SSSR count). The highest BCUT2D eigenvalue weighted by atomic mass is 35.5. The van der Waals surface area contributed by atoms with Crippen LogP contribution in [0.5, 0.6) is 0 Å². The summed E-state index contributed by atoms with van der Waals surface area (Å²) < 4.78 is 0. The van der Waals surface area contributed by atoms with Crippen molar-refractivity contribution in [1.82, 2.24) is 5.32 Å². The molecule has 2 aromatic rings. The van der Waals surface area contributed by atoms with Crippen LogP contribution in [-0.4, -0.2) is 12.5 Å². The zero-order valence-corrected chi connectivity index (χ0v) is 12.9. The second kappa shape index (κ2) is 6.29. The van der Waals surface area contributed by atoms with Gasteiger partial charge in [-0.1, -0.05) is 0 Å². The summed E-state index contributed by atoms with van der Waals surface area (Å²) in [6.45, 7) is 3.64. The van der Waals surface area contributed by atoms with E-state index in [1.807, 2.05) is 18.2 Å². The number of amides is 1. The largest absolute Gasteiger partial charge is 0.384 e. The predicted molar refractivity (Wildman–Crippen MR) is 86.1 cm³/mol. The molecule has 2 N–H and O–H groups in total. The van der Waals surface area contributed by atoms with Gasteiger partial charge in [0.2, 0.25) is 0 Å². The van der Waals surface area contributed by atoms with Crippen molar-refractivity contribution in [3.63, 3.8) is 0 Å². The van der Waals surface area contributed by atoms with Gasteiger partial charge in [0.1, 0.15) is 0 Å². The van der Waals surface area contributed by atoms with E-state index in [0.29, 0.717) is 6.54 Å². The quantitative estimate of drug-likeness (QED) is 0.912. The van der Waals surface area contributed by atoms with Crippen LogP contribution >= 0.6 is 23.7 Å². The second-order valence-electron chi connectivity index (χ2n) is 4.74. The van der Waals surface area contributed by atoms with Crippen LogP contribution in [0.4, 0.5) is 5.69 Å². The lowest BCUT2D eigenvalue weighted by Gasteiger charge is -2.06. The lowest BCUT2D eigenvalue weighted by Crippen LogP contribution is -2.22. The van der Waals surface area contributed by atoms with Crippen LogP contribution in [-0.2, 0) is 13.0 Å². The Hall–Kier alpha value is -1.52. The number of hydrogen-bond donors (Lipinski definition) is 2. The summed E-state index contributed by atoms with van der Waals surface area (Å²) in [5.74, 6) is 0.000697. The number of carbonyl (C=O) groups excluding carboxylic acids is 1. The van der Waals surface area contributed by atoms with E-state index in [4.69, 9.17) is 0 Å². The average molecular weight is 309 g/mol. The topological polar surface area (TPSA) is 41.1 Å². The van der Waals surface area contributed by atoms with Crippen molar-refractivity contribution >= 4 is 35.3 Å². The molecule has 0 unspecified atom stereocenters. The summed E-state index contributed by atoms with van der Waals surface area (Å²) in [5, 5.41) is 6.27. The summed E-state index contributed by atoms with van der Waals surface area (Å²) in [4.78, 5) is 14.6. The van der Waals surface area contributed by atoms with Crippen molar-refractivity contribution < 1.29 is 4.79 Å². The summed E-state index contributed by atoms with van der Waals surface area (Å²) in [5.41, 5.74) is 3.14. The van der Waals surface area contributed by atoms with Crippen LogP contribution in [0.2, 0.25) is 0 Å². The van der Waals surface area contributed by atoms with Gasteiger partial charge in [0.15, 0.2) is 0 Å². The number of benzene rings is 1. The Labute approximate surface area is 128 Å². The average Bonchev–Trinajstić information content (AvgIpc) is 3.03. The van der Waals surface area contributed by atoms with Crippen LogP contribution in [0.25, 0.3) is 0 Å². The third-order valence-electron chi connectivity index (χ3n) is 3.30. The Morgan fingerprint density at radius 1 is 1.35 bits per heavy atom. The number of carbonyl (C=O) groups is 1. The molecule has 0 spiro atoms. The fraction of sp³-hybridized carbons (Fsp3) is 0.267. The van der Waals surface area contributed by atoms with Gasteiger partial charge in [-0.25, -0.2) is 0 Å². The molecule has 0 aliphatic carbocycles. The minimum absolute atomic E-state index is 0. The molecule has 2 heterocycles. The zero-order valence-electron chi connectivity index (χ0n) is 11.2. The molecule has 0 fully saturated rings. The van der Waals surface area contributed by atoms with Gasteiger partial charge >= 0.3 is 0 Å². The van der Waals surface area contributed by atoms with Gasteiger partial charge < -0.3 is 10.6 Å². The van der Waals surface area contributed by atoms with Crippen molar-refractivity contribution in [2.24, 2.45) is 0 Å². The number of hydrogen-bond acceptors (Lipinski definition) is 3. The number of aryl methyl sites for hydroxylation is 1. The molecule has 1 aromatic heterocycles. The molecule has 1 amide bonds. The molecular weight excluding hydrogens is 292 g/mol. The van der Waals surface area contributed by atoms with Crippen LogP contribution in [0.1, 0.15) is 25.7 Å². The van der Waals surface area contributed by atoms with E-state index in [1.165, 1.54) is 15.3 Å². The molecule has 3 nitrogen and oxygen atoms in total. The van der Waals surface area contributed by atoms with Gasteiger partial charge in [-0.2, -0.15) is 0 Å². The number of fused-ring (bicyclic) bond motifs is 1. The van der Waals surface area contributed by atoms with Gasteiger partial charge in [0.25, 0.3) is 5.91 Å². The Bertz CT molecular complexity index is 624. The van der Waals surface area contributed by atoms with Gasteiger partial charge in [-0.05, 0) is 49.2 Å². The van der Waals surface area contributed by atoms with Gasteiger partial charge in [0, 0.05) is 27.5 Å². The molecule has 106 valence electrons. The number of halogens is 1. The minimum Gasteiger partial charge on any atom is -0.384 e. The Morgan fingerprint density at radius 3 is 2.95 bits per heavy atom. The fourth-order valence-corrected chi connectivity index (χ4v) is 3.13. The SMILES string of the molecule is Cc1ccc(CNC(=O)c2ccc3c(c2)CCN3)s1.Cl. The first-order valence-corrected chi connectivity index (χ1v) is 7.24. The number of thiophene rings is 1. The monoisotopic (exact) mass is 308 g/mol. The van der Waals surface area contributed by atoms with E-state index in [2.05, 4.69) is 29.7 Å². The molecule has 0 atom stereocenters. The standard InChI is InChI=1S/C15H16N2OS.ClH/c1-10-2-4-13(19-10)9-17-15(18)12-3-5-14-11(8-12)6-7-16-14;/h2-5,8,16H,6-7,9H2,1H3,(H,17,18);1H. The Morgan fingerprint density at radius 2 is 2.20 bits per heavy atom. The Balaban J connectivity index is 0.00000147. The normalized spacial score (nSPS) is 12.2. The minimum atomic E-state index is 0. The van der Waals surface area contributed by atoms with E-state index in [9.17, 15) is 4.79 Å². The molecule has 1 aromatic carbocycles. The summed E-state index contributed by atoms with van der Waals surface area (Å²) >= 11 is 1.72. The maximum atomic E-state index is 12.1. The van der Waals surface area contributed by atoms with Gasteiger partial charge in [0.05, 0.1) is 6.54 Å². The fourth-order valence-electron chi connectivity index (χ4n) is 2.30. The summed E-state index contributed by atoms with van der Waals surface area (Å²) in [7, 11) is 0. The molecule has 5 heteroatoms. The van der Waals surface area contributed by atoms with Gasteiger partial charge in [-0.15, -0.1) is 23.7 Å². The number of rotatable bonds is 3. The highest BCUT2D eigenvalue weighted by molar-refractivity contribution is 7.11. The molecule has 20 heavy (non-hydrogen) atoms. The first-order valence-electron chi connectivity index (χ1n) is 6.43. The first kappa shape index (κ1) is 14.9. The van der Waals surface area contributed by atoms with E-state index in [-0.39, 0.29) is 18.3 Å². The first-order chi connectivity index (χ1) is 9.22. The zero-order chi connectivity index (χ0) is 13.2. The van der Waals surface area contributed by atoms with E-state index in [1.54, 1.807) is 11.3 Å². The molecular formula is C15H17ClN2OS. The molecule has 0 bridgehead atoms. The Kier molecular flexibility index (Phi) is 4.68. The molecule has 1 aliphatic rings. The third-order valence-corrected chi connectivity index (χ3v) is 4.30. The van der Waals surface area contributed by atoms with Crippen molar-refractivity contribution in [2.45, 2.75) is 19.9 Å². The lowest BCUT2D eigenvalue weighted by atomic mass is 10.1. The van der Waals surface area contributed by atoms with E-state index in [0.717, 1.165) is 24.2 Å². The van der Waals surface area contributed by atoms with Crippen molar-refractivity contribution in [2.75, 3.05) is 11.9 Å². The second-order valence-corrected chi connectivity index (χ2v) is 6.12. The highest BCUT2D eigenvalue weighted by Gasteiger charge is 2.13. The number of nitrogens with one attached hydrogen (secondary N) is 2. The third kappa shape index (κ3) is 3.14.